The highest BCUT2D eigenvalue weighted by atomic mass is 35.5. The zero-order chi connectivity index (χ0) is 86.1. The second kappa shape index (κ2) is 38.9. The number of benzene rings is 9. The summed E-state index contributed by atoms with van der Waals surface area (Å²) in [7, 11) is 0. The van der Waals surface area contributed by atoms with Gasteiger partial charge in [-0.15, -0.1) is 0 Å². The number of carbonyl (C=O) groups excluding carboxylic acids is 5. The normalized spacial score (nSPS) is 11.8. The number of aromatic nitrogens is 8. The minimum Gasteiger partial charge on any atom is -0.494 e. The number of pyridine rings is 2. The number of nitrogens with zero attached hydrogens (tertiary/aromatic N) is 7. The molecule has 32 nitrogen and oxygen atoms in total. The number of ether oxygens (including phenoxy) is 4. The Bertz CT molecular complexity index is 6630. The average Bonchev–Trinajstić information content (AvgIpc) is 1.22. The maximum absolute atomic E-state index is 13.8. The molecule has 0 bridgehead atoms. The third-order valence-corrected chi connectivity index (χ3v) is 19.4. The molecular weight excluding hydrogens is 1610 g/mol. The van der Waals surface area contributed by atoms with Gasteiger partial charge in [0.1, 0.15) is 23.9 Å². The van der Waals surface area contributed by atoms with Gasteiger partial charge in [-0.1, -0.05) is 60.1 Å². The van der Waals surface area contributed by atoms with Crippen LogP contribution in [0.1, 0.15) is 107 Å². The second-order valence-corrected chi connectivity index (χ2v) is 27.0. The van der Waals surface area contributed by atoms with Gasteiger partial charge in [0.2, 0.25) is 12.6 Å². The smallest absolute Gasteiger partial charge is 0.274 e. The number of unbranched alkanes of at least 4 members (excludes halogenated alkanes) is 1. The summed E-state index contributed by atoms with van der Waals surface area (Å²) in [5, 5.41) is 47.0. The van der Waals surface area contributed by atoms with Crippen LogP contribution < -0.4 is 74.1 Å². The van der Waals surface area contributed by atoms with Gasteiger partial charge in [0.15, 0.2) is 34.8 Å². The number of hydrogen-bond acceptors (Lipinski definition) is 22. The Morgan fingerprint density at radius 1 is 0.471 bits per heavy atom. The van der Waals surface area contributed by atoms with Crippen LogP contribution in [-0.2, 0) is 26.2 Å². The van der Waals surface area contributed by atoms with Crippen LogP contribution in [-0.4, -0.2) is 107 Å². The molecule has 1 saturated carbocycles. The zero-order valence-electron chi connectivity index (χ0n) is 62.8. The van der Waals surface area contributed by atoms with Gasteiger partial charge in [-0.3, -0.25) is 83.1 Å². The van der Waals surface area contributed by atoms with Crippen molar-refractivity contribution in [3.63, 3.8) is 0 Å². The van der Waals surface area contributed by atoms with Gasteiger partial charge in [-0.25, -0.2) is 64.3 Å². The fourth-order valence-electron chi connectivity index (χ4n) is 12.5. The van der Waals surface area contributed by atoms with Gasteiger partial charge in [0.05, 0.1) is 65.1 Å². The number of aryl methyl sites for hydroxylation is 1. The number of rotatable bonds is 19. The molecule has 16 rings (SSSR count). The molecule has 620 valence electrons. The molecule has 0 atom stereocenters. The number of nitrogens with one attached hydrogen (secondary N) is 6. The van der Waals surface area contributed by atoms with Gasteiger partial charge < -0.3 is 33.1 Å². The molecule has 38 heteroatoms. The van der Waals surface area contributed by atoms with Crippen molar-refractivity contribution in [2.75, 3.05) is 13.4 Å². The quantitative estimate of drug-likeness (QED) is 0.00894. The molecule has 1 aliphatic carbocycles. The molecule has 0 spiro atoms. The van der Waals surface area contributed by atoms with E-state index in [0.29, 0.717) is 78.4 Å². The predicted octanol–water partition coefficient (Wildman–Crippen LogP) is 10.7. The number of hydroxylamine groups is 5. The van der Waals surface area contributed by atoms with Gasteiger partial charge in [0, 0.05) is 80.2 Å². The number of para-hydroxylation sites is 1. The Labute approximate surface area is 681 Å². The summed E-state index contributed by atoms with van der Waals surface area (Å²) in [4.78, 5) is 135. The first-order valence-corrected chi connectivity index (χ1v) is 36.7. The number of amides is 5. The lowest BCUT2D eigenvalue weighted by atomic mass is 9.92. The fraction of sp³-hybridized carbons (Fsp3) is 0.145. The van der Waals surface area contributed by atoms with E-state index >= 15 is 0 Å². The van der Waals surface area contributed by atoms with Crippen molar-refractivity contribution < 1.29 is 90.9 Å². The van der Waals surface area contributed by atoms with E-state index in [1.165, 1.54) is 71.0 Å². The Hall–Kier alpha value is -14.9. The standard InChI is InChI=1S/C20H20N2O4.C17H13N3O6.C16H12ClN3O3.C16H8F5N3O3.C14H14N2O3/c23-19(21-25)16-9-8-15-10-12-22(20(24)18(15)14-16)11-4-5-13-26-17-6-2-1-3-7-17;21-16(20-23)9-1-3-11-12(5-9)18-15(19-17(11)22)7-24-10-2-4-13-14(6-10)26-8-25-13;17-13-4-2-1-3-11(13)8-20-9-18-14-6-5-10(15(21)19-23)7-12(14)16(20)22;17-10-8(11(18)13(20)14(21)12(10)19)4-24-5-22-9-2-1-6(15(25)23-27)3-7(9)16(24)26;17-13(15-19)10-5-4-9-6-7-16(11-2-1-3-11)14(18)12(9)8-10/h1-3,6-10,12,14,25H,4-5,11,13H2,(H,21,23);1-6,23H,7-8H2,(H,20,21)(H,18,19,22);1-7,9,23H,8H2,(H,19,21);1-3,5,27H,4H2,(H,23,25);4-8,11,19H,1-3H2,(H,15,17). The molecule has 0 unspecified atom stereocenters. The highest BCUT2D eigenvalue weighted by Crippen LogP contribution is 2.36. The first-order valence-electron chi connectivity index (χ1n) is 36.3. The Morgan fingerprint density at radius 3 is 1.53 bits per heavy atom. The van der Waals surface area contributed by atoms with Crippen LogP contribution in [0.4, 0.5) is 22.0 Å². The monoisotopic (exact) mass is 1680 g/mol. The summed E-state index contributed by atoms with van der Waals surface area (Å²) in [6.07, 6.45) is 10.7. The highest BCUT2D eigenvalue weighted by Gasteiger charge is 2.27. The Kier molecular flexibility index (Phi) is 27.5. The summed E-state index contributed by atoms with van der Waals surface area (Å²) >= 11 is 6.11. The molecule has 0 radical (unpaired) electrons. The molecule has 1 fully saturated rings. The summed E-state index contributed by atoms with van der Waals surface area (Å²) < 4.78 is 94.6. The minimum absolute atomic E-state index is 0.0151. The van der Waals surface area contributed by atoms with Gasteiger partial charge >= 0.3 is 0 Å². The van der Waals surface area contributed by atoms with Crippen LogP contribution in [0.5, 0.6) is 23.0 Å². The summed E-state index contributed by atoms with van der Waals surface area (Å²) in [5.74, 6) is -11.4. The number of fused-ring (bicyclic) bond motifs is 6. The number of H-pyrrole nitrogens is 1. The van der Waals surface area contributed by atoms with E-state index in [-0.39, 0.29) is 86.9 Å². The Balaban J connectivity index is 0.000000139. The molecule has 9 aromatic carbocycles. The van der Waals surface area contributed by atoms with Crippen molar-refractivity contribution in [1.29, 1.82) is 0 Å². The van der Waals surface area contributed by atoms with E-state index in [0.717, 1.165) is 66.6 Å². The van der Waals surface area contributed by atoms with Gasteiger partial charge in [0.25, 0.3) is 57.3 Å². The number of halogens is 6. The van der Waals surface area contributed by atoms with Gasteiger partial charge in [-0.2, -0.15) is 0 Å². The SMILES string of the molecule is O=C(NO)c1ccc2c(=O)[nH]c(COc3ccc4c(c3)OCO4)nc2c1.O=C(NO)c1ccc2ccn(C3CCC3)c(=O)c2c1.O=C(NO)c1ccc2ccn(CCCCOc3ccccc3)c(=O)c2c1.O=C(NO)c1ccc2ncn(Cc3c(F)c(F)c(F)c(F)c3F)c(=O)c2c1.O=C(NO)c1ccc2ncn(Cc3ccccc3Cl)c(=O)c2c1. The average molecular weight is 1680 g/mol. The van der Waals surface area contributed by atoms with E-state index < -0.39 is 76.3 Å². The van der Waals surface area contributed by atoms with Crippen molar-refractivity contribution in [3.05, 3.63) is 332 Å². The fourth-order valence-corrected chi connectivity index (χ4v) is 12.7. The second-order valence-electron chi connectivity index (χ2n) is 26.6. The minimum atomic E-state index is -2.31. The van der Waals surface area contributed by atoms with Crippen molar-refractivity contribution in [2.45, 2.75) is 64.4 Å². The summed E-state index contributed by atoms with van der Waals surface area (Å²) in [6.45, 7) is 0.641. The lowest BCUT2D eigenvalue weighted by Gasteiger charge is -2.27. The molecule has 11 N–H and O–H groups in total. The van der Waals surface area contributed by atoms with Gasteiger partial charge in [-0.05, 0) is 170 Å². The molecule has 121 heavy (non-hydrogen) atoms. The van der Waals surface area contributed by atoms with Crippen LogP contribution in [0.2, 0.25) is 5.02 Å². The molecule has 1 aliphatic heterocycles. The molecular formula is C83H67ClF5N13O19. The Morgan fingerprint density at radius 2 is 0.967 bits per heavy atom. The summed E-state index contributed by atoms with van der Waals surface area (Å²) in [5.41, 5.74) is 7.10. The first kappa shape index (κ1) is 85.5. The van der Waals surface area contributed by atoms with Crippen LogP contribution in [0.3, 0.4) is 0 Å². The predicted molar refractivity (Wildman–Crippen MR) is 424 cm³/mol. The van der Waals surface area contributed by atoms with Crippen molar-refractivity contribution in [2.24, 2.45) is 0 Å². The molecule has 5 amide bonds. The molecule has 2 aliphatic rings. The van der Waals surface area contributed by atoms with Crippen molar-refractivity contribution >= 4 is 95.4 Å². The van der Waals surface area contributed by atoms with Crippen LogP contribution in [0.15, 0.2) is 225 Å². The number of carbonyl (C=O) groups is 5. The third kappa shape index (κ3) is 19.9. The van der Waals surface area contributed by atoms with E-state index in [1.54, 1.807) is 91.8 Å². The zero-order valence-corrected chi connectivity index (χ0v) is 63.5. The largest absolute Gasteiger partial charge is 0.494 e. The maximum atomic E-state index is 13.8. The van der Waals surface area contributed by atoms with E-state index in [9.17, 15) is 69.9 Å². The lowest BCUT2D eigenvalue weighted by molar-refractivity contribution is 0.0702. The van der Waals surface area contributed by atoms with E-state index in [2.05, 4.69) is 19.9 Å². The molecule has 5 aromatic heterocycles. The first-order chi connectivity index (χ1) is 58.4. The molecule has 0 saturated heterocycles. The number of hydrogen-bond donors (Lipinski definition) is 11. The topological polar surface area (TPSA) is 443 Å². The van der Waals surface area contributed by atoms with E-state index in [1.807, 2.05) is 66.9 Å². The van der Waals surface area contributed by atoms with Crippen LogP contribution in [0.25, 0.3) is 54.3 Å². The maximum Gasteiger partial charge on any atom is 0.274 e. The molecule has 14 aromatic rings. The summed E-state index contributed by atoms with van der Waals surface area (Å²) in [6, 6.07) is 47.9. The van der Waals surface area contributed by atoms with Crippen LogP contribution >= 0.6 is 11.6 Å². The molecule has 6 heterocycles. The van der Waals surface area contributed by atoms with E-state index in [4.69, 9.17) is 56.6 Å². The van der Waals surface area contributed by atoms with Crippen LogP contribution in [0, 0.1) is 29.1 Å². The van der Waals surface area contributed by atoms with Crippen molar-refractivity contribution in [1.82, 2.24) is 65.6 Å². The van der Waals surface area contributed by atoms with Crippen molar-refractivity contribution in [3.8, 4) is 23.0 Å². The lowest BCUT2D eigenvalue weighted by Crippen LogP contribution is -2.28. The highest BCUT2D eigenvalue weighted by molar-refractivity contribution is 6.31. The number of aromatic amines is 1. The third-order valence-electron chi connectivity index (χ3n) is 19.1.